The number of aromatic nitrogens is 1. The fourth-order valence-electron chi connectivity index (χ4n) is 3.14. The van der Waals surface area contributed by atoms with Crippen LogP contribution in [0.15, 0.2) is 12.3 Å². The van der Waals surface area contributed by atoms with E-state index >= 15 is 0 Å². The summed E-state index contributed by atoms with van der Waals surface area (Å²) in [6.45, 7) is 9.19. The fraction of sp³-hybridized carbons (Fsp3) is 0.688. The molecule has 0 aromatic carbocycles. The number of piperazine rings is 1. The van der Waals surface area contributed by atoms with Gasteiger partial charge in [-0.3, -0.25) is 9.69 Å². The predicted molar refractivity (Wildman–Crippen MR) is 84.3 cm³/mol. The molecule has 1 aliphatic heterocycles. The molecule has 0 atom stereocenters. The smallest absolute Gasteiger partial charge is 0.270 e. The van der Waals surface area contributed by atoms with Gasteiger partial charge in [0.1, 0.15) is 5.69 Å². The molecule has 5 heteroatoms. The van der Waals surface area contributed by atoms with E-state index in [1.165, 1.54) is 0 Å². The average Bonchev–Trinajstić information content (AvgIpc) is 3.21. The molecule has 5 nitrogen and oxygen atoms in total. The zero-order valence-electron chi connectivity index (χ0n) is 13.1. The van der Waals surface area contributed by atoms with E-state index < -0.39 is 0 Å². The fourth-order valence-corrected chi connectivity index (χ4v) is 3.14. The van der Waals surface area contributed by atoms with Crippen molar-refractivity contribution in [1.82, 2.24) is 14.4 Å². The van der Waals surface area contributed by atoms with E-state index in [-0.39, 0.29) is 5.91 Å². The van der Waals surface area contributed by atoms with Crippen molar-refractivity contribution in [3.63, 3.8) is 0 Å². The summed E-state index contributed by atoms with van der Waals surface area (Å²) in [6.07, 6.45) is 4.24. The molecule has 21 heavy (non-hydrogen) atoms. The first-order chi connectivity index (χ1) is 10.0. The second-order valence-corrected chi connectivity index (χ2v) is 6.78. The molecule has 2 aliphatic rings. The van der Waals surface area contributed by atoms with Gasteiger partial charge in [0.25, 0.3) is 5.91 Å². The number of rotatable bonds is 4. The Hall–Kier alpha value is -1.49. The molecule has 0 spiro atoms. The highest BCUT2D eigenvalue weighted by atomic mass is 16.2. The summed E-state index contributed by atoms with van der Waals surface area (Å²) in [5.74, 6) is 0.821. The maximum Gasteiger partial charge on any atom is 0.270 e. The maximum atomic E-state index is 12.7. The van der Waals surface area contributed by atoms with Crippen molar-refractivity contribution in [3.05, 3.63) is 18.0 Å². The van der Waals surface area contributed by atoms with Gasteiger partial charge in [0.2, 0.25) is 0 Å². The topological polar surface area (TPSA) is 54.5 Å². The van der Waals surface area contributed by atoms with E-state index in [0.29, 0.717) is 17.6 Å². The molecule has 1 amide bonds. The van der Waals surface area contributed by atoms with Crippen molar-refractivity contribution in [1.29, 1.82) is 0 Å². The molecular formula is C16H26N4O. The van der Waals surface area contributed by atoms with Crippen LogP contribution < -0.4 is 5.73 Å². The molecule has 1 saturated carbocycles. The summed E-state index contributed by atoms with van der Waals surface area (Å²) in [6, 6.07) is 2.32. The normalized spacial score (nSPS) is 20.2. The molecule has 2 fully saturated rings. The second-order valence-electron chi connectivity index (χ2n) is 6.78. The number of amides is 1. The van der Waals surface area contributed by atoms with Crippen LogP contribution >= 0.6 is 0 Å². The Labute approximate surface area is 126 Å². The zero-order valence-corrected chi connectivity index (χ0v) is 13.1. The van der Waals surface area contributed by atoms with Crippen LogP contribution in [0.3, 0.4) is 0 Å². The maximum absolute atomic E-state index is 12.7. The van der Waals surface area contributed by atoms with Gasteiger partial charge < -0.3 is 15.2 Å². The number of carbonyl (C=O) groups excluding carboxylic acids is 1. The molecule has 0 bridgehead atoms. The Morgan fingerprint density at radius 2 is 1.95 bits per heavy atom. The van der Waals surface area contributed by atoms with E-state index in [1.807, 2.05) is 17.2 Å². The Morgan fingerprint density at radius 1 is 1.29 bits per heavy atom. The summed E-state index contributed by atoms with van der Waals surface area (Å²) < 4.78 is 2.08. The lowest BCUT2D eigenvalue weighted by atomic mass is 10.2. The van der Waals surface area contributed by atoms with Gasteiger partial charge in [-0.05, 0) is 24.8 Å². The largest absolute Gasteiger partial charge is 0.397 e. The van der Waals surface area contributed by atoms with Crippen LogP contribution in [0, 0.1) is 5.92 Å². The highest BCUT2D eigenvalue weighted by molar-refractivity contribution is 5.94. The number of nitrogens with two attached hydrogens (primary N) is 1. The van der Waals surface area contributed by atoms with Crippen molar-refractivity contribution < 1.29 is 4.79 Å². The highest BCUT2D eigenvalue weighted by Gasteiger charge is 2.30. The van der Waals surface area contributed by atoms with Gasteiger partial charge in [0.15, 0.2) is 0 Å². The Morgan fingerprint density at radius 3 is 2.52 bits per heavy atom. The zero-order chi connectivity index (χ0) is 15.0. The molecule has 1 aliphatic carbocycles. The van der Waals surface area contributed by atoms with E-state index in [2.05, 4.69) is 23.3 Å². The Kier molecular flexibility index (Phi) is 3.93. The van der Waals surface area contributed by atoms with E-state index in [0.717, 1.165) is 51.3 Å². The minimum atomic E-state index is 0.141. The van der Waals surface area contributed by atoms with Crippen LogP contribution in [-0.4, -0.2) is 53.0 Å². The van der Waals surface area contributed by atoms with Gasteiger partial charge in [-0.2, -0.15) is 0 Å². The van der Waals surface area contributed by atoms with E-state index in [1.54, 1.807) is 0 Å². The summed E-state index contributed by atoms with van der Waals surface area (Å²) >= 11 is 0. The lowest BCUT2D eigenvalue weighted by molar-refractivity contribution is 0.0613. The minimum absolute atomic E-state index is 0.141. The lowest BCUT2D eigenvalue weighted by Crippen LogP contribution is -2.49. The third kappa shape index (κ3) is 3.23. The quantitative estimate of drug-likeness (QED) is 0.920. The molecular weight excluding hydrogens is 264 g/mol. The number of nitrogen functional groups attached to an aromatic ring is 1. The van der Waals surface area contributed by atoms with Gasteiger partial charge in [0, 0.05) is 45.0 Å². The van der Waals surface area contributed by atoms with Gasteiger partial charge in [-0.15, -0.1) is 0 Å². The van der Waals surface area contributed by atoms with Gasteiger partial charge >= 0.3 is 0 Å². The number of carbonyl (C=O) groups is 1. The molecule has 3 rings (SSSR count). The molecule has 0 radical (unpaired) electrons. The number of anilines is 1. The summed E-state index contributed by atoms with van der Waals surface area (Å²) in [4.78, 5) is 17.1. The highest BCUT2D eigenvalue weighted by Crippen LogP contribution is 2.37. The lowest BCUT2D eigenvalue weighted by Gasteiger charge is -2.35. The molecule has 2 heterocycles. The van der Waals surface area contributed by atoms with Crippen molar-refractivity contribution in [3.8, 4) is 0 Å². The van der Waals surface area contributed by atoms with Gasteiger partial charge in [-0.1, -0.05) is 13.8 Å². The number of hydrogen-bond acceptors (Lipinski definition) is 3. The molecule has 116 valence electrons. The Balaban J connectivity index is 1.64. The van der Waals surface area contributed by atoms with Crippen LogP contribution in [0.25, 0.3) is 0 Å². The van der Waals surface area contributed by atoms with Crippen LogP contribution in [0.5, 0.6) is 0 Å². The molecule has 1 aromatic rings. The van der Waals surface area contributed by atoms with Crippen molar-refractivity contribution in [2.45, 2.75) is 32.7 Å². The summed E-state index contributed by atoms with van der Waals surface area (Å²) in [5.41, 5.74) is 7.36. The van der Waals surface area contributed by atoms with Crippen molar-refractivity contribution in [2.24, 2.45) is 5.92 Å². The van der Waals surface area contributed by atoms with Gasteiger partial charge in [-0.25, -0.2) is 0 Å². The first-order valence-electron chi connectivity index (χ1n) is 8.03. The predicted octanol–water partition coefficient (Wildman–Crippen LogP) is 1.82. The first-order valence-corrected chi connectivity index (χ1v) is 8.03. The number of nitrogens with zero attached hydrogens (tertiary/aromatic N) is 3. The van der Waals surface area contributed by atoms with Gasteiger partial charge in [0.05, 0.1) is 5.69 Å². The standard InChI is InChI=1S/C16H26N4O/c1-12(2)10-18-5-7-19(8-6-18)16(21)15-9-13(17)11-20(15)14-3-4-14/h9,11-12,14H,3-8,10,17H2,1-2H3. The average molecular weight is 290 g/mol. The SMILES string of the molecule is CC(C)CN1CCN(C(=O)c2cc(N)cn2C2CC2)CC1. The monoisotopic (exact) mass is 290 g/mol. The molecule has 0 unspecified atom stereocenters. The third-order valence-electron chi connectivity index (χ3n) is 4.31. The first kappa shape index (κ1) is 14.4. The molecule has 2 N–H and O–H groups in total. The summed E-state index contributed by atoms with van der Waals surface area (Å²) in [7, 11) is 0. The van der Waals surface area contributed by atoms with Crippen molar-refractivity contribution in [2.75, 3.05) is 38.5 Å². The third-order valence-corrected chi connectivity index (χ3v) is 4.31. The molecule has 1 saturated heterocycles. The second kappa shape index (κ2) is 5.72. The van der Waals surface area contributed by atoms with Crippen LogP contribution in [0.1, 0.15) is 43.2 Å². The van der Waals surface area contributed by atoms with Crippen LogP contribution in [0.4, 0.5) is 5.69 Å². The Bertz CT molecular complexity index is 510. The van der Waals surface area contributed by atoms with E-state index in [4.69, 9.17) is 5.73 Å². The number of hydrogen-bond donors (Lipinski definition) is 1. The van der Waals surface area contributed by atoms with Crippen LogP contribution in [0.2, 0.25) is 0 Å². The summed E-state index contributed by atoms with van der Waals surface area (Å²) in [5, 5.41) is 0. The van der Waals surface area contributed by atoms with E-state index in [9.17, 15) is 4.79 Å². The minimum Gasteiger partial charge on any atom is -0.397 e. The van der Waals surface area contributed by atoms with Crippen LogP contribution in [-0.2, 0) is 0 Å². The van der Waals surface area contributed by atoms with Crippen molar-refractivity contribution >= 4 is 11.6 Å². The molecule has 1 aromatic heterocycles.